The third kappa shape index (κ3) is 7.27. The zero-order chi connectivity index (χ0) is 34.7. The van der Waals surface area contributed by atoms with E-state index in [1.54, 1.807) is 36.7 Å². The van der Waals surface area contributed by atoms with Crippen molar-refractivity contribution in [2.45, 2.75) is 22.7 Å². The summed E-state index contributed by atoms with van der Waals surface area (Å²) in [7, 11) is 0. The van der Waals surface area contributed by atoms with Gasteiger partial charge in [-0.15, -0.1) is 33.3 Å². The van der Waals surface area contributed by atoms with Crippen LogP contribution in [0.4, 0.5) is 5.13 Å². The highest BCUT2D eigenvalue weighted by atomic mass is 35.5. The maximum Gasteiger partial charge on any atom is 0.352 e. The first-order valence-electron chi connectivity index (χ1n) is 14.1. The Morgan fingerprint density at radius 2 is 2.10 bits per heavy atom. The Labute approximate surface area is 298 Å². The average molecular weight is 762 g/mol. The number of thiazole rings is 1. The van der Waals surface area contributed by atoms with Gasteiger partial charge in [-0.05, 0) is 18.6 Å². The molecule has 0 aliphatic carbocycles. The number of carbonyl (C=O) groups is 4. The van der Waals surface area contributed by atoms with Crippen LogP contribution in [0, 0.1) is 6.92 Å². The molecular formula is C28H24ClN9O7S4. The maximum atomic E-state index is 13.4. The van der Waals surface area contributed by atoms with Crippen LogP contribution in [0.1, 0.15) is 21.8 Å². The van der Waals surface area contributed by atoms with E-state index in [2.05, 4.69) is 36.1 Å². The Morgan fingerprint density at radius 1 is 1.29 bits per heavy atom. The molecule has 4 aromatic rings. The van der Waals surface area contributed by atoms with Gasteiger partial charge in [0.1, 0.15) is 51.9 Å². The molecule has 1 unspecified atom stereocenters. The largest absolute Gasteiger partial charge is 0.477 e. The number of fused-ring (bicyclic) bond motifs is 1. The quantitative estimate of drug-likeness (QED) is 0.0505. The molecule has 2 aliphatic rings. The van der Waals surface area contributed by atoms with Gasteiger partial charge in [0.2, 0.25) is 0 Å². The fourth-order valence-electron chi connectivity index (χ4n) is 4.86. The zero-order valence-electron chi connectivity index (χ0n) is 25.1. The first-order chi connectivity index (χ1) is 23.6. The molecule has 6 rings (SSSR count). The summed E-state index contributed by atoms with van der Waals surface area (Å²) in [6.07, 6.45) is 0. The SMILES string of the molecule is Cc1onc(-c2ccccc2Cl)c1C(=O)NCCO/N=C(\C(=O)NC1C(=O)N2C(C(=O)O)=C(CSc3nncs3)CS[C@@H]12)c1csc(N)n1. The van der Waals surface area contributed by atoms with E-state index in [-0.39, 0.29) is 46.6 Å². The van der Waals surface area contributed by atoms with Gasteiger partial charge in [0.05, 0.1) is 11.6 Å². The number of nitrogens with one attached hydrogen (secondary N) is 2. The fraction of sp³-hybridized carbons (Fsp3) is 0.250. The van der Waals surface area contributed by atoms with Crippen LogP contribution in [0.15, 0.2) is 60.4 Å². The number of anilines is 1. The summed E-state index contributed by atoms with van der Waals surface area (Å²) in [5.74, 6) is -2.14. The lowest BCUT2D eigenvalue weighted by Gasteiger charge is -2.49. The lowest BCUT2D eigenvalue weighted by atomic mass is 10.0. The van der Waals surface area contributed by atoms with E-state index in [4.69, 9.17) is 26.7 Å². The number of aryl methyl sites for hydroxylation is 1. The van der Waals surface area contributed by atoms with Gasteiger partial charge < -0.3 is 30.8 Å². The number of nitrogen functional groups attached to an aromatic ring is 1. The molecule has 0 bridgehead atoms. The number of halogens is 1. The van der Waals surface area contributed by atoms with Crippen LogP contribution in [0.3, 0.4) is 0 Å². The Hall–Kier alpha value is -4.50. The van der Waals surface area contributed by atoms with Crippen molar-refractivity contribution in [1.82, 2.24) is 35.9 Å². The monoisotopic (exact) mass is 761 g/mol. The summed E-state index contributed by atoms with van der Waals surface area (Å²) >= 11 is 11.4. The lowest BCUT2D eigenvalue weighted by Crippen LogP contribution is -2.71. The average Bonchev–Trinajstić information content (AvgIpc) is 3.85. The molecular weight excluding hydrogens is 738 g/mol. The number of rotatable bonds is 13. The highest BCUT2D eigenvalue weighted by molar-refractivity contribution is 8.01. The Bertz CT molecular complexity index is 1980. The smallest absolute Gasteiger partial charge is 0.352 e. The van der Waals surface area contributed by atoms with Crippen molar-refractivity contribution in [3.63, 3.8) is 0 Å². The molecule has 3 aromatic heterocycles. The van der Waals surface area contributed by atoms with E-state index in [9.17, 15) is 24.3 Å². The maximum absolute atomic E-state index is 13.4. The van der Waals surface area contributed by atoms with Crippen molar-refractivity contribution in [2.24, 2.45) is 5.16 Å². The standard InChI is InChI=1S/C28H24ClN9O7S4/c1-12-17(18(37-45-12)14-4-2-3-5-15(14)29)22(39)31-6-7-44-36-19(16-10-47-27(30)33-16)23(40)34-20-24(41)38-21(26(42)43)13(8-46-25(20)38)9-48-28-35-32-11-49-28/h2-5,10-11,20,25H,6-9H2,1H3,(H2,30,33)(H,31,39)(H,34,40)(H,42,43)/b36-19-/t20?,25-/m0/s1. The number of thioether (sulfide) groups is 2. The summed E-state index contributed by atoms with van der Waals surface area (Å²) in [6.45, 7) is 1.44. The second-order valence-corrected chi connectivity index (χ2v) is 14.6. The molecule has 254 valence electrons. The first-order valence-corrected chi connectivity index (χ1v) is 18.3. The van der Waals surface area contributed by atoms with Gasteiger partial charge in [0.25, 0.3) is 17.7 Å². The van der Waals surface area contributed by atoms with Crippen LogP contribution in [0.5, 0.6) is 0 Å². The number of carboxylic acids is 1. The first kappa shape index (κ1) is 34.4. The normalized spacial score (nSPS) is 17.4. The summed E-state index contributed by atoms with van der Waals surface area (Å²) in [6, 6.07) is 5.88. The molecule has 5 heterocycles. The van der Waals surface area contributed by atoms with Crippen LogP contribution in [0.2, 0.25) is 5.02 Å². The molecule has 1 saturated heterocycles. The summed E-state index contributed by atoms with van der Waals surface area (Å²) in [5.41, 5.74) is 8.69. The minimum atomic E-state index is -1.24. The molecule has 16 nitrogen and oxygen atoms in total. The summed E-state index contributed by atoms with van der Waals surface area (Å²) in [4.78, 5) is 62.6. The third-order valence-electron chi connectivity index (χ3n) is 7.08. The molecule has 5 N–H and O–H groups in total. The number of nitrogens with zero attached hydrogens (tertiary/aromatic N) is 6. The van der Waals surface area contributed by atoms with Crippen molar-refractivity contribution >= 4 is 92.3 Å². The van der Waals surface area contributed by atoms with E-state index in [0.29, 0.717) is 37.8 Å². The minimum absolute atomic E-state index is 0.0121. The number of hydrogen-bond acceptors (Lipinski definition) is 16. The van der Waals surface area contributed by atoms with Crippen molar-refractivity contribution in [3.8, 4) is 11.3 Å². The van der Waals surface area contributed by atoms with Gasteiger partial charge >= 0.3 is 5.97 Å². The highest BCUT2D eigenvalue weighted by Gasteiger charge is 2.54. The van der Waals surface area contributed by atoms with Gasteiger partial charge in [-0.2, -0.15) is 0 Å². The summed E-state index contributed by atoms with van der Waals surface area (Å²) in [5, 5.41) is 32.4. The van der Waals surface area contributed by atoms with Crippen LogP contribution in [-0.4, -0.2) is 95.8 Å². The topological polar surface area (TPSA) is 228 Å². The van der Waals surface area contributed by atoms with Crippen molar-refractivity contribution in [1.29, 1.82) is 0 Å². The van der Waals surface area contributed by atoms with Crippen LogP contribution < -0.4 is 16.4 Å². The number of hydrogen-bond donors (Lipinski definition) is 4. The van der Waals surface area contributed by atoms with Gasteiger partial charge in [0, 0.05) is 22.4 Å². The second kappa shape index (κ2) is 14.9. The van der Waals surface area contributed by atoms with Crippen molar-refractivity contribution in [2.75, 3.05) is 30.4 Å². The molecule has 1 fully saturated rings. The van der Waals surface area contributed by atoms with Gasteiger partial charge in [0.15, 0.2) is 15.2 Å². The number of β-lactam (4-membered cyclic amide) rings is 1. The van der Waals surface area contributed by atoms with Crippen molar-refractivity contribution in [3.05, 3.63) is 68.5 Å². The van der Waals surface area contributed by atoms with Crippen LogP contribution in [0.25, 0.3) is 11.3 Å². The molecule has 49 heavy (non-hydrogen) atoms. The van der Waals surface area contributed by atoms with E-state index >= 15 is 0 Å². The van der Waals surface area contributed by atoms with Gasteiger partial charge in [-0.1, -0.05) is 63.2 Å². The molecule has 0 spiro atoms. The number of nitrogens with two attached hydrogens (primary N) is 1. The number of aromatic nitrogens is 4. The zero-order valence-corrected chi connectivity index (χ0v) is 29.1. The molecule has 3 amide bonds. The lowest BCUT2D eigenvalue weighted by molar-refractivity contribution is -0.150. The minimum Gasteiger partial charge on any atom is -0.477 e. The van der Waals surface area contributed by atoms with E-state index < -0.39 is 35.1 Å². The second-order valence-electron chi connectivity index (χ2n) is 10.2. The molecule has 1 aromatic carbocycles. The van der Waals surface area contributed by atoms with E-state index in [1.807, 2.05) is 0 Å². The number of carbonyl (C=O) groups excluding carboxylic acids is 3. The molecule has 21 heteroatoms. The molecule has 2 atom stereocenters. The molecule has 0 saturated carbocycles. The molecule has 0 radical (unpaired) electrons. The van der Waals surface area contributed by atoms with Crippen molar-refractivity contribution < 1.29 is 33.6 Å². The van der Waals surface area contributed by atoms with E-state index in [1.165, 1.54) is 45.1 Å². The third-order valence-corrected chi connectivity index (χ3v) is 11.4. The number of benzene rings is 1. The van der Waals surface area contributed by atoms with E-state index in [0.717, 1.165) is 11.3 Å². The van der Waals surface area contributed by atoms with Gasteiger partial charge in [-0.3, -0.25) is 19.3 Å². The number of carboxylic acid groups (broad SMARTS) is 1. The highest BCUT2D eigenvalue weighted by Crippen LogP contribution is 2.41. The number of aliphatic carboxylic acids is 1. The van der Waals surface area contributed by atoms with Crippen LogP contribution >= 0.6 is 57.8 Å². The molecule has 2 aliphatic heterocycles. The Balaban J connectivity index is 1.09. The van der Waals surface area contributed by atoms with Gasteiger partial charge in [-0.25, -0.2) is 9.78 Å². The number of oxime groups is 1. The Morgan fingerprint density at radius 3 is 2.82 bits per heavy atom. The predicted octanol–water partition coefficient (Wildman–Crippen LogP) is 2.88. The fourth-order valence-corrected chi connectivity index (χ4v) is 8.61. The predicted molar refractivity (Wildman–Crippen MR) is 183 cm³/mol. The number of amides is 3. The summed E-state index contributed by atoms with van der Waals surface area (Å²) < 4.78 is 5.93. The Kier molecular flexibility index (Phi) is 10.5. The van der Waals surface area contributed by atoms with Crippen LogP contribution in [-0.2, 0) is 19.2 Å².